The van der Waals surface area contributed by atoms with Gasteiger partial charge in [0.05, 0.1) is 6.10 Å². The molecule has 4 atom stereocenters. The number of benzene rings is 1. The zero-order valence-electron chi connectivity index (χ0n) is 22.6. The summed E-state index contributed by atoms with van der Waals surface area (Å²) in [6.07, 6.45) is 9.99. The molecule has 7 nitrogen and oxygen atoms in total. The van der Waals surface area contributed by atoms with Crippen LogP contribution in [0.1, 0.15) is 76.4 Å². The zero-order valence-corrected chi connectivity index (χ0v) is 22.6. The van der Waals surface area contributed by atoms with Crippen molar-refractivity contribution >= 4 is 11.4 Å². The van der Waals surface area contributed by atoms with E-state index in [1.807, 2.05) is 25.1 Å². The number of nitrogens with one attached hydrogen (secondary N) is 1. The maximum absolute atomic E-state index is 12.8. The molecule has 0 bridgehead atoms. The van der Waals surface area contributed by atoms with Crippen LogP contribution in [0, 0.1) is 11.8 Å². The molecule has 1 heterocycles. The Balaban J connectivity index is 1.48. The van der Waals surface area contributed by atoms with Gasteiger partial charge in [0.2, 0.25) is 0 Å². The van der Waals surface area contributed by atoms with E-state index in [4.69, 9.17) is 15.2 Å². The minimum Gasteiger partial charge on any atom is -0.385 e. The smallest absolute Gasteiger partial charge is 0.253 e. The molecular weight excluding hydrogens is 466 g/mol. The summed E-state index contributed by atoms with van der Waals surface area (Å²) < 4.78 is 11.6. The van der Waals surface area contributed by atoms with Crippen molar-refractivity contribution in [3.63, 3.8) is 0 Å². The van der Waals surface area contributed by atoms with E-state index in [-0.39, 0.29) is 29.5 Å². The van der Waals surface area contributed by atoms with E-state index >= 15 is 0 Å². The Labute approximate surface area is 221 Å². The molecule has 4 rings (SSSR count). The minimum absolute atomic E-state index is 0.00748. The van der Waals surface area contributed by atoms with E-state index in [9.17, 15) is 9.59 Å². The van der Waals surface area contributed by atoms with Gasteiger partial charge >= 0.3 is 0 Å². The average Bonchev–Trinajstić information content (AvgIpc) is 2.93. The summed E-state index contributed by atoms with van der Waals surface area (Å²) in [5.74, 6) is 0.857. The van der Waals surface area contributed by atoms with Crippen LogP contribution in [-0.4, -0.2) is 45.5 Å². The van der Waals surface area contributed by atoms with Crippen LogP contribution >= 0.6 is 0 Å². The molecule has 0 amide bonds. The molecule has 0 spiro atoms. The van der Waals surface area contributed by atoms with Crippen molar-refractivity contribution in [1.82, 2.24) is 0 Å². The first-order chi connectivity index (χ1) is 18.0. The maximum Gasteiger partial charge on any atom is 0.253 e. The molecule has 1 aliphatic heterocycles. The first kappa shape index (κ1) is 27.8. The number of nitrogens with zero attached hydrogens (tertiary/aromatic N) is 1. The quantitative estimate of drug-likeness (QED) is 0.304. The highest BCUT2D eigenvalue weighted by atomic mass is 16.5. The van der Waals surface area contributed by atoms with Gasteiger partial charge in [-0.2, -0.15) is 0 Å². The highest BCUT2D eigenvalue weighted by Gasteiger charge is 2.35. The standard InChI is InChI=1S/C30H45N3O4/c1-21(31)25(19-22-11-5-3-6-12-22)32-26-27(29(35)28(26)34)33-16-9-15-24(20-33)30(37-18-10-17-36-2)23-13-7-4-8-14-23/h4,7-8,13-14,21-22,24-25,30,32H,3,5-6,9-12,15-20,31H2,1-2H3/t21-,24-,25+,30?/m1/s1. The summed E-state index contributed by atoms with van der Waals surface area (Å²) in [5, 5.41) is 3.45. The molecule has 37 heavy (non-hydrogen) atoms. The van der Waals surface area contributed by atoms with Gasteiger partial charge in [-0.15, -0.1) is 0 Å². The van der Waals surface area contributed by atoms with Gasteiger partial charge < -0.3 is 25.4 Å². The minimum atomic E-state index is -0.401. The number of hydrogen-bond donors (Lipinski definition) is 2. The van der Waals surface area contributed by atoms with Gasteiger partial charge in [-0.05, 0) is 44.1 Å². The fourth-order valence-corrected chi connectivity index (χ4v) is 6.21. The summed E-state index contributed by atoms with van der Waals surface area (Å²) in [4.78, 5) is 27.7. The lowest BCUT2D eigenvalue weighted by molar-refractivity contribution is -0.00235. The fourth-order valence-electron chi connectivity index (χ4n) is 6.21. The van der Waals surface area contributed by atoms with Gasteiger partial charge in [-0.3, -0.25) is 9.59 Å². The number of rotatable bonds is 13. The second kappa shape index (κ2) is 13.5. The van der Waals surface area contributed by atoms with E-state index in [0.717, 1.165) is 37.8 Å². The molecule has 3 N–H and O–H groups in total. The predicted octanol–water partition coefficient (Wildman–Crippen LogP) is 4.39. The Morgan fingerprint density at radius 2 is 1.78 bits per heavy atom. The highest BCUT2D eigenvalue weighted by Crippen LogP contribution is 2.36. The Morgan fingerprint density at radius 1 is 1.03 bits per heavy atom. The summed E-state index contributed by atoms with van der Waals surface area (Å²) >= 11 is 0. The first-order valence-electron chi connectivity index (χ1n) is 14.3. The highest BCUT2D eigenvalue weighted by molar-refractivity contribution is 5.75. The van der Waals surface area contributed by atoms with E-state index in [1.165, 1.54) is 32.1 Å². The van der Waals surface area contributed by atoms with Crippen molar-refractivity contribution in [3.05, 3.63) is 56.3 Å². The van der Waals surface area contributed by atoms with Gasteiger partial charge in [0.25, 0.3) is 10.9 Å². The van der Waals surface area contributed by atoms with E-state index in [1.54, 1.807) is 7.11 Å². The van der Waals surface area contributed by atoms with Crippen LogP contribution < -0.4 is 26.8 Å². The van der Waals surface area contributed by atoms with Gasteiger partial charge in [0.15, 0.2) is 0 Å². The second-order valence-electron chi connectivity index (χ2n) is 11.1. The summed E-state index contributed by atoms with van der Waals surface area (Å²) in [5.41, 5.74) is 7.76. The maximum atomic E-state index is 12.8. The Kier molecular flexibility index (Phi) is 10.2. The lowest BCUT2D eigenvalue weighted by Gasteiger charge is -2.39. The summed E-state index contributed by atoms with van der Waals surface area (Å²) in [6.45, 7) is 4.74. The molecule has 0 radical (unpaired) electrons. The summed E-state index contributed by atoms with van der Waals surface area (Å²) in [7, 11) is 1.70. The molecule has 2 aromatic carbocycles. The second-order valence-corrected chi connectivity index (χ2v) is 11.1. The van der Waals surface area contributed by atoms with Gasteiger partial charge in [-0.25, -0.2) is 0 Å². The monoisotopic (exact) mass is 511 g/mol. The Hall–Kier alpha value is -2.22. The largest absolute Gasteiger partial charge is 0.385 e. The van der Waals surface area contributed by atoms with Crippen LogP contribution in [0.5, 0.6) is 0 Å². The molecular formula is C30H45N3O4. The lowest BCUT2D eigenvalue weighted by Crippen LogP contribution is -2.50. The van der Waals surface area contributed by atoms with Crippen LogP contribution in [0.15, 0.2) is 39.9 Å². The third-order valence-corrected chi connectivity index (χ3v) is 8.28. The van der Waals surface area contributed by atoms with Gasteiger partial charge in [0.1, 0.15) is 11.4 Å². The van der Waals surface area contributed by atoms with Crippen molar-refractivity contribution in [3.8, 4) is 0 Å². The third kappa shape index (κ3) is 7.01. The van der Waals surface area contributed by atoms with Crippen LogP contribution in [0.2, 0.25) is 0 Å². The normalized spacial score (nSPS) is 21.6. The van der Waals surface area contributed by atoms with E-state index in [2.05, 4.69) is 22.3 Å². The van der Waals surface area contributed by atoms with Crippen molar-refractivity contribution in [2.24, 2.45) is 17.6 Å². The fraction of sp³-hybridized carbons (Fsp3) is 0.667. The number of piperidine rings is 1. The molecule has 1 saturated heterocycles. The van der Waals surface area contributed by atoms with Crippen molar-refractivity contribution in [2.45, 2.75) is 82.9 Å². The average molecular weight is 512 g/mol. The number of ether oxygens (including phenoxy) is 2. The molecule has 2 aliphatic rings. The van der Waals surface area contributed by atoms with Gasteiger partial charge in [-0.1, -0.05) is 62.4 Å². The van der Waals surface area contributed by atoms with Crippen LogP contribution in [0.3, 0.4) is 0 Å². The van der Waals surface area contributed by atoms with Crippen molar-refractivity contribution in [1.29, 1.82) is 0 Å². The number of nitrogens with two attached hydrogens (primary N) is 1. The molecule has 7 heteroatoms. The number of methoxy groups -OCH3 is 1. The van der Waals surface area contributed by atoms with Crippen molar-refractivity contribution in [2.75, 3.05) is 43.6 Å². The number of anilines is 2. The van der Waals surface area contributed by atoms with Crippen LogP contribution in [-0.2, 0) is 9.47 Å². The molecule has 1 saturated carbocycles. The third-order valence-electron chi connectivity index (χ3n) is 8.28. The molecule has 2 aromatic rings. The van der Waals surface area contributed by atoms with E-state index < -0.39 is 5.43 Å². The van der Waals surface area contributed by atoms with Gasteiger partial charge in [0, 0.05) is 51.4 Å². The molecule has 2 fully saturated rings. The Morgan fingerprint density at radius 3 is 2.49 bits per heavy atom. The number of hydrogen-bond acceptors (Lipinski definition) is 7. The van der Waals surface area contributed by atoms with Crippen LogP contribution in [0.25, 0.3) is 0 Å². The topological polar surface area (TPSA) is 93.9 Å². The van der Waals surface area contributed by atoms with E-state index in [0.29, 0.717) is 37.1 Å². The van der Waals surface area contributed by atoms with Crippen LogP contribution in [0.4, 0.5) is 11.4 Å². The lowest BCUT2D eigenvalue weighted by atomic mass is 9.83. The first-order valence-corrected chi connectivity index (χ1v) is 14.3. The van der Waals surface area contributed by atoms with Crippen molar-refractivity contribution < 1.29 is 9.47 Å². The zero-order chi connectivity index (χ0) is 26.2. The predicted molar refractivity (Wildman–Crippen MR) is 150 cm³/mol. The molecule has 0 aromatic heterocycles. The summed E-state index contributed by atoms with van der Waals surface area (Å²) in [6, 6.07) is 10.2. The SMILES string of the molecule is COCCCOC(c1ccccc1)[C@@H]1CCCN(c2c(N[C@@H](CC3CCCCC3)[C@@H](C)N)c(=O)c2=O)C1. The molecule has 1 aliphatic carbocycles. The molecule has 204 valence electrons. The Bertz CT molecular complexity index is 1030. The molecule has 1 unspecified atom stereocenters.